The van der Waals surface area contributed by atoms with Crippen LogP contribution in [0.15, 0.2) is 60.8 Å². The van der Waals surface area contributed by atoms with Crippen molar-refractivity contribution in [3.05, 3.63) is 60.8 Å². The largest absolute Gasteiger partial charge is 0.756 e. The minimum absolute atomic E-state index is 0.00574. The van der Waals surface area contributed by atoms with Crippen molar-refractivity contribution < 1.29 is 32.9 Å². The quantitative estimate of drug-likeness (QED) is 0.0272. The second-order valence-corrected chi connectivity index (χ2v) is 22.7. The van der Waals surface area contributed by atoms with Crippen LogP contribution in [0.25, 0.3) is 0 Å². The number of likely N-dealkylation sites (N-methyl/N-ethyl adjacent to an activating group) is 1. The Labute approximate surface area is 434 Å². The molecular weight excluding hydrogens is 888 g/mol. The first-order valence-electron chi connectivity index (χ1n) is 29.6. The van der Waals surface area contributed by atoms with Gasteiger partial charge in [0.2, 0.25) is 5.91 Å². The Morgan fingerprint density at radius 3 is 1.27 bits per heavy atom. The lowest BCUT2D eigenvalue weighted by atomic mass is 10.0. The summed E-state index contributed by atoms with van der Waals surface area (Å²) in [5, 5.41) is 14.0. The van der Waals surface area contributed by atoms with Gasteiger partial charge in [-0.3, -0.25) is 9.36 Å². The van der Waals surface area contributed by atoms with E-state index in [-0.39, 0.29) is 19.1 Å². The first-order chi connectivity index (χ1) is 34.0. The van der Waals surface area contributed by atoms with E-state index in [2.05, 4.69) is 79.9 Å². The van der Waals surface area contributed by atoms with E-state index in [0.29, 0.717) is 23.9 Å². The van der Waals surface area contributed by atoms with E-state index in [0.717, 1.165) is 89.9 Å². The highest BCUT2D eigenvalue weighted by Crippen LogP contribution is 2.38. The lowest BCUT2D eigenvalue weighted by molar-refractivity contribution is -0.870. The normalized spacial score (nSPS) is 14.3. The lowest BCUT2D eigenvalue weighted by Gasteiger charge is -2.30. The van der Waals surface area contributed by atoms with Crippen molar-refractivity contribution in [2.75, 3.05) is 40.9 Å². The number of aliphatic hydroxyl groups excluding tert-OH is 1. The van der Waals surface area contributed by atoms with Gasteiger partial charge in [-0.2, -0.15) is 0 Å². The maximum Gasteiger partial charge on any atom is 0.268 e. The predicted octanol–water partition coefficient (Wildman–Crippen LogP) is 17.5. The van der Waals surface area contributed by atoms with E-state index in [1.165, 1.54) is 154 Å². The molecule has 410 valence electrons. The molecule has 2 N–H and O–H groups in total. The SMILES string of the molecule is CC/C=C\C/C=C\C/C=C\C/C=C\C/C=C\CCCCCCCC(=O)NC(COP(=O)([O-])OCC[N+](C)(C)C)C(O)CCCCCCCCCCCCCCCCCCCCCCCCCCCCC. The molecule has 0 aromatic rings. The Morgan fingerprint density at radius 1 is 0.514 bits per heavy atom. The Morgan fingerprint density at radius 2 is 0.871 bits per heavy atom. The summed E-state index contributed by atoms with van der Waals surface area (Å²) in [5.74, 6) is -0.182. The second-order valence-electron chi connectivity index (χ2n) is 21.3. The van der Waals surface area contributed by atoms with Gasteiger partial charge in [-0.25, -0.2) is 0 Å². The number of quaternary nitrogens is 1. The summed E-state index contributed by atoms with van der Waals surface area (Å²) in [6.07, 6.45) is 69.7. The van der Waals surface area contributed by atoms with Crippen LogP contribution in [0.3, 0.4) is 0 Å². The fourth-order valence-corrected chi connectivity index (χ4v) is 9.38. The molecule has 1 amide bonds. The number of unbranched alkanes of at least 4 members (excludes halogenated alkanes) is 31. The number of phosphoric ester groups is 1. The number of nitrogens with one attached hydrogen (secondary N) is 1. The number of hydrogen-bond donors (Lipinski definition) is 2. The number of aliphatic hydroxyl groups is 1. The molecule has 8 nitrogen and oxygen atoms in total. The van der Waals surface area contributed by atoms with E-state index < -0.39 is 20.0 Å². The average Bonchev–Trinajstić information content (AvgIpc) is 3.32. The zero-order valence-corrected chi connectivity index (χ0v) is 47.6. The summed E-state index contributed by atoms with van der Waals surface area (Å²) in [6.45, 7) is 4.62. The van der Waals surface area contributed by atoms with Crippen LogP contribution < -0.4 is 10.2 Å². The number of carbonyl (C=O) groups excluding carboxylic acids is 1. The number of carbonyl (C=O) groups is 1. The van der Waals surface area contributed by atoms with Crippen molar-refractivity contribution in [3.63, 3.8) is 0 Å². The van der Waals surface area contributed by atoms with Crippen LogP contribution in [0.2, 0.25) is 0 Å². The van der Waals surface area contributed by atoms with Crippen LogP contribution in [-0.2, 0) is 18.4 Å². The third-order valence-corrected chi connectivity index (χ3v) is 14.2. The number of allylic oxidation sites excluding steroid dienone is 10. The Kier molecular flexibility index (Phi) is 50.7. The first-order valence-corrected chi connectivity index (χ1v) is 31.1. The molecule has 0 heterocycles. The fraction of sp³-hybridized carbons (Fsp3) is 0.820. The molecule has 0 rings (SSSR count). The van der Waals surface area contributed by atoms with Gasteiger partial charge in [-0.15, -0.1) is 0 Å². The third-order valence-electron chi connectivity index (χ3n) is 13.3. The van der Waals surface area contributed by atoms with Gasteiger partial charge in [0.15, 0.2) is 0 Å². The minimum Gasteiger partial charge on any atom is -0.756 e. The lowest BCUT2D eigenvalue weighted by Crippen LogP contribution is -2.46. The van der Waals surface area contributed by atoms with E-state index in [1.807, 2.05) is 21.1 Å². The number of phosphoric acid groups is 1. The molecule has 0 aromatic carbocycles. The maximum absolute atomic E-state index is 13.0. The van der Waals surface area contributed by atoms with E-state index >= 15 is 0 Å². The molecule has 9 heteroatoms. The van der Waals surface area contributed by atoms with Crippen molar-refractivity contribution in [2.45, 2.75) is 283 Å². The predicted molar refractivity (Wildman–Crippen MR) is 302 cm³/mol. The summed E-state index contributed by atoms with van der Waals surface area (Å²) in [4.78, 5) is 25.5. The van der Waals surface area contributed by atoms with E-state index in [4.69, 9.17) is 9.05 Å². The van der Waals surface area contributed by atoms with Crippen LogP contribution in [0, 0.1) is 0 Å². The Bertz CT molecular complexity index is 1320. The van der Waals surface area contributed by atoms with Gasteiger partial charge in [-0.05, 0) is 57.8 Å². The highest BCUT2D eigenvalue weighted by molar-refractivity contribution is 7.45. The van der Waals surface area contributed by atoms with Crippen molar-refractivity contribution >= 4 is 13.7 Å². The molecule has 0 fully saturated rings. The number of nitrogens with zero attached hydrogens (tertiary/aromatic N) is 1. The van der Waals surface area contributed by atoms with Gasteiger partial charge in [0, 0.05) is 6.42 Å². The van der Waals surface area contributed by atoms with Crippen LogP contribution >= 0.6 is 7.82 Å². The van der Waals surface area contributed by atoms with Crippen LogP contribution in [0.1, 0.15) is 271 Å². The molecule has 3 atom stereocenters. The number of hydrogen-bond acceptors (Lipinski definition) is 6. The van der Waals surface area contributed by atoms with Gasteiger partial charge in [0.05, 0.1) is 39.9 Å². The second kappa shape index (κ2) is 52.1. The van der Waals surface area contributed by atoms with Gasteiger partial charge < -0.3 is 28.8 Å². The van der Waals surface area contributed by atoms with E-state index in [1.54, 1.807) is 0 Å². The molecule has 0 saturated heterocycles. The van der Waals surface area contributed by atoms with Crippen LogP contribution in [0.4, 0.5) is 0 Å². The minimum atomic E-state index is -4.58. The molecule has 0 saturated carbocycles. The molecule has 0 spiro atoms. The molecule has 0 aromatic heterocycles. The Balaban J connectivity index is 4.17. The monoisotopic (exact) mass is 1000 g/mol. The maximum atomic E-state index is 13.0. The summed E-state index contributed by atoms with van der Waals surface area (Å²) >= 11 is 0. The van der Waals surface area contributed by atoms with Gasteiger partial charge in [-0.1, -0.05) is 267 Å². The standard InChI is InChI=1S/C61H115N2O6P/c1-6-8-10-12-14-16-18-20-22-24-26-28-29-30-31-32-33-35-36-38-40-42-44-46-48-50-52-54-60(64)59(58-69-70(66,67)68-57-56-63(3,4)5)62-61(65)55-53-51-49-47-45-43-41-39-37-34-27-25-23-21-19-17-15-13-11-9-7-2/h9,11,15,17,21,23,27,34,39,41,59-60,64H,6-8,10,12-14,16,18-20,22,24-26,28-33,35-38,40,42-58H2,1-5H3,(H-,62,65,66,67)/b11-9-,17-15-,23-21-,34-27-,41-39-. The first kappa shape index (κ1) is 68.2. The Hall–Kier alpha value is -1.80. The van der Waals surface area contributed by atoms with Gasteiger partial charge >= 0.3 is 0 Å². The van der Waals surface area contributed by atoms with Gasteiger partial charge in [0.1, 0.15) is 13.2 Å². The highest BCUT2D eigenvalue weighted by Gasteiger charge is 2.24. The zero-order chi connectivity index (χ0) is 51.3. The van der Waals surface area contributed by atoms with Crippen molar-refractivity contribution in [2.24, 2.45) is 0 Å². The molecule has 3 unspecified atom stereocenters. The van der Waals surface area contributed by atoms with Crippen molar-refractivity contribution in [1.82, 2.24) is 5.32 Å². The summed E-state index contributed by atoms with van der Waals surface area (Å²) in [7, 11) is 1.29. The van der Waals surface area contributed by atoms with Crippen LogP contribution in [0.5, 0.6) is 0 Å². The molecule has 0 aliphatic rings. The fourth-order valence-electron chi connectivity index (χ4n) is 8.66. The molecule has 0 radical (unpaired) electrons. The van der Waals surface area contributed by atoms with Crippen LogP contribution in [-0.4, -0.2) is 68.5 Å². The third kappa shape index (κ3) is 54.0. The summed E-state index contributed by atoms with van der Waals surface area (Å²) in [6, 6.07) is -0.815. The summed E-state index contributed by atoms with van der Waals surface area (Å²) < 4.78 is 23.4. The van der Waals surface area contributed by atoms with Gasteiger partial charge in [0.25, 0.3) is 7.82 Å². The molecule has 0 aliphatic carbocycles. The molecule has 70 heavy (non-hydrogen) atoms. The van der Waals surface area contributed by atoms with E-state index in [9.17, 15) is 19.4 Å². The van der Waals surface area contributed by atoms with Crippen molar-refractivity contribution in [3.8, 4) is 0 Å². The number of amides is 1. The topological polar surface area (TPSA) is 108 Å². The number of rotatable bonds is 54. The molecule has 0 bridgehead atoms. The summed E-state index contributed by atoms with van der Waals surface area (Å²) in [5.41, 5.74) is 0. The molecular formula is C61H115N2O6P. The molecule has 0 aliphatic heterocycles. The highest BCUT2D eigenvalue weighted by atomic mass is 31.2. The zero-order valence-electron chi connectivity index (χ0n) is 46.7. The smallest absolute Gasteiger partial charge is 0.268 e. The van der Waals surface area contributed by atoms with Crippen molar-refractivity contribution in [1.29, 1.82) is 0 Å². The average molecular weight is 1000 g/mol.